The molecule has 0 saturated heterocycles. The standard InChI is InChI=1S/C21H16N4O9S/c1-33-20-10-14(13-22-23-21(26)15-4-2-5-16(11-15)24(27)28)8-9-19(20)34-35(31,32)18-7-3-6-17(12-18)25(29)30/h2-13H,1H3,(H,23,26)/b22-13-. The molecule has 0 fully saturated rings. The van der Waals surface area contributed by atoms with Gasteiger partial charge in [-0.1, -0.05) is 12.1 Å². The van der Waals surface area contributed by atoms with Crippen LogP contribution in [0.5, 0.6) is 11.5 Å². The third-order valence-corrected chi connectivity index (χ3v) is 5.63. The van der Waals surface area contributed by atoms with Crippen LogP contribution in [0, 0.1) is 20.2 Å². The van der Waals surface area contributed by atoms with E-state index in [0.29, 0.717) is 5.56 Å². The second kappa shape index (κ2) is 10.4. The molecule has 35 heavy (non-hydrogen) atoms. The number of benzene rings is 3. The number of non-ortho nitro benzene ring substituents is 2. The van der Waals surface area contributed by atoms with Crippen molar-refractivity contribution in [2.45, 2.75) is 4.90 Å². The summed E-state index contributed by atoms with van der Waals surface area (Å²) >= 11 is 0. The van der Waals surface area contributed by atoms with Crippen molar-refractivity contribution in [2.24, 2.45) is 5.10 Å². The Kier molecular flexibility index (Phi) is 7.36. The molecule has 14 heteroatoms. The fraction of sp³-hybridized carbons (Fsp3) is 0.0476. The van der Waals surface area contributed by atoms with E-state index in [0.717, 1.165) is 24.3 Å². The molecule has 3 aromatic carbocycles. The van der Waals surface area contributed by atoms with Gasteiger partial charge in [0.25, 0.3) is 17.3 Å². The summed E-state index contributed by atoms with van der Waals surface area (Å²) in [5, 5.41) is 25.5. The molecule has 0 aliphatic carbocycles. The predicted octanol–water partition coefficient (Wildman–Crippen LogP) is 3.04. The molecule has 1 amide bonds. The van der Waals surface area contributed by atoms with Crippen LogP contribution in [0.25, 0.3) is 0 Å². The molecule has 0 spiro atoms. The van der Waals surface area contributed by atoms with Crippen LogP contribution in [0.1, 0.15) is 15.9 Å². The van der Waals surface area contributed by atoms with Gasteiger partial charge in [-0.3, -0.25) is 25.0 Å². The molecule has 0 unspecified atom stereocenters. The molecule has 0 aliphatic heterocycles. The third-order valence-electron chi connectivity index (χ3n) is 4.40. The first-order valence-electron chi connectivity index (χ1n) is 9.55. The second-order valence-corrected chi connectivity index (χ2v) is 8.26. The maximum atomic E-state index is 12.6. The van der Waals surface area contributed by atoms with Gasteiger partial charge in [0.2, 0.25) is 0 Å². The van der Waals surface area contributed by atoms with E-state index in [1.165, 1.54) is 55.8 Å². The molecule has 0 bridgehead atoms. The lowest BCUT2D eigenvalue weighted by molar-refractivity contribution is -0.385. The molecule has 0 radical (unpaired) electrons. The molecule has 0 atom stereocenters. The van der Waals surface area contributed by atoms with E-state index in [1.54, 1.807) is 0 Å². The minimum atomic E-state index is -4.41. The first-order chi connectivity index (χ1) is 16.6. The monoisotopic (exact) mass is 500 g/mol. The Morgan fingerprint density at radius 1 is 0.943 bits per heavy atom. The van der Waals surface area contributed by atoms with Crippen molar-refractivity contribution in [3.63, 3.8) is 0 Å². The number of ether oxygens (including phenoxy) is 1. The average Bonchev–Trinajstić information content (AvgIpc) is 2.84. The smallest absolute Gasteiger partial charge is 0.339 e. The van der Waals surface area contributed by atoms with Crippen molar-refractivity contribution < 1.29 is 32.0 Å². The largest absolute Gasteiger partial charge is 0.493 e. The number of nitrogens with one attached hydrogen (secondary N) is 1. The van der Waals surface area contributed by atoms with Crippen LogP contribution in [0.4, 0.5) is 11.4 Å². The highest BCUT2D eigenvalue weighted by molar-refractivity contribution is 7.87. The average molecular weight is 500 g/mol. The van der Waals surface area contributed by atoms with E-state index in [9.17, 15) is 33.4 Å². The van der Waals surface area contributed by atoms with Crippen LogP contribution in [0.2, 0.25) is 0 Å². The number of rotatable bonds is 9. The van der Waals surface area contributed by atoms with Gasteiger partial charge in [-0.05, 0) is 35.9 Å². The normalized spacial score (nSPS) is 11.1. The number of methoxy groups -OCH3 is 1. The number of carbonyl (C=O) groups excluding carboxylic acids is 1. The number of hydrogen-bond acceptors (Lipinski definition) is 10. The molecule has 0 heterocycles. The summed E-state index contributed by atoms with van der Waals surface area (Å²) in [5.41, 5.74) is 1.98. The Morgan fingerprint density at radius 3 is 2.26 bits per heavy atom. The zero-order valence-electron chi connectivity index (χ0n) is 17.9. The maximum absolute atomic E-state index is 12.6. The minimum Gasteiger partial charge on any atom is -0.493 e. The van der Waals surface area contributed by atoms with Gasteiger partial charge >= 0.3 is 10.1 Å². The number of carbonyl (C=O) groups is 1. The Bertz CT molecular complexity index is 1440. The van der Waals surface area contributed by atoms with E-state index < -0.39 is 36.5 Å². The van der Waals surface area contributed by atoms with Crippen molar-refractivity contribution in [1.82, 2.24) is 5.43 Å². The fourth-order valence-corrected chi connectivity index (χ4v) is 3.72. The van der Waals surface area contributed by atoms with E-state index in [-0.39, 0.29) is 22.7 Å². The Morgan fingerprint density at radius 2 is 1.60 bits per heavy atom. The summed E-state index contributed by atoms with van der Waals surface area (Å²) < 4.78 is 35.4. The Hall–Kier alpha value is -4.85. The van der Waals surface area contributed by atoms with Crippen molar-refractivity contribution >= 4 is 33.6 Å². The van der Waals surface area contributed by atoms with Crippen LogP contribution in [-0.2, 0) is 10.1 Å². The molecule has 13 nitrogen and oxygen atoms in total. The van der Waals surface area contributed by atoms with Crippen LogP contribution in [0.3, 0.4) is 0 Å². The fourth-order valence-electron chi connectivity index (χ4n) is 2.74. The van der Waals surface area contributed by atoms with Crippen molar-refractivity contribution in [1.29, 1.82) is 0 Å². The van der Waals surface area contributed by atoms with Crippen LogP contribution in [-0.4, -0.2) is 37.5 Å². The number of nitro benzene ring substituents is 2. The number of hydrogen-bond donors (Lipinski definition) is 1. The predicted molar refractivity (Wildman–Crippen MR) is 122 cm³/mol. The van der Waals surface area contributed by atoms with Gasteiger partial charge in [0.05, 0.1) is 23.2 Å². The van der Waals surface area contributed by atoms with E-state index in [4.69, 9.17) is 8.92 Å². The highest BCUT2D eigenvalue weighted by atomic mass is 32.2. The summed E-state index contributed by atoms with van der Waals surface area (Å²) in [4.78, 5) is 32.1. The highest BCUT2D eigenvalue weighted by Crippen LogP contribution is 2.31. The lowest BCUT2D eigenvalue weighted by Gasteiger charge is -2.11. The third kappa shape index (κ3) is 6.14. The zero-order valence-corrected chi connectivity index (χ0v) is 18.7. The molecule has 1 N–H and O–H groups in total. The van der Waals surface area contributed by atoms with Gasteiger partial charge in [0.1, 0.15) is 4.90 Å². The van der Waals surface area contributed by atoms with Gasteiger partial charge in [-0.2, -0.15) is 13.5 Å². The molecule has 0 saturated carbocycles. The molecular formula is C21H16N4O9S. The van der Waals surface area contributed by atoms with E-state index in [1.807, 2.05) is 0 Å². The Balaban J connectivity index is 1.74. The molecular weight excluding hydrogens is 484 g/mol. The number of nitrogens with zero attached hydrogens (tertiary/aromatic N) is 3. The maximum Gasteiger partial charge on any atom is 0.339 e. The van der Waals surface area contributed by atoms with E-state index >= 15 is 0 Å². The number of amides is 1. The summed E-state index contributed by atoms with van der Waals surface area (Å²) in [6, 6.07) is 13.5. The lowest BCUT2D eigenvalue weighted by atomic mass is 10.2. The van der Waals surface area contributed by atoms with Gasteiger partial charge in [0, 0.05) is 29.8 Å². The molecule has 3 rings (SSSR count). The highest BCUT2D eigenvalue weighted by Gasteiger charge is 2.22. The quantitative estimate of drug-likeness (QED) is 0.200. The van der Waals surface area contributed by atoms with Crippen LogP contribution >= 0.6 is 0 Å². The van der Waals surface area contributed by atoms with Crippen molar-refractivity contribution in [3.8, 4) is 11.5 Å². The van der Waals surface area contributed by atoms with Gasteiger partial charge in [0.15, 0.2) is 11.5 Å². The van der Waals surface area contributed by atoms with E-state index in [2.05, 4.69) is 10.5 Å². The zero-order chi connectivity index (χ0) is 25.6. The number of nitro groups is 2. The lowest BCUT2D eigenvalue weighted by Crippen LogP contribution is -2.17. The topological polar surface area (TPSA) is 180 Å². The summed E-state index contributed by atoms with van der Waals surface area (Å²) in [6.45, 7) is 0. The van der Waals surface area contributed by atoms with Crippen molar-refractivity contribution in [2.75, 3.05) is 7.11 Å². The summed E-state index contributed by atoms with van der Waals surface area (Å²) in [5.74, 6) is -0.857. The molecule has 0 aliphatic rings. The second-order valence-electron chi connectivity index (χ2n) is 6.71. The summed E-state index contributed by atoms with van der Waals surface area (Å²) in [7, 11) is -3.14. The SMILES string of the molecule is COc1cc(/C=N\NC(=O)c2cccc([N+](=O)[O-])c2)ccc1OS(=O)(=O)c1cccc([N+](=O)[O-])c1. The first-order valence-corrected chi connectivity index (χ1v) is 11.0. The first kappa shape index (κ1) is 24.8. The molecule has 0 aromatic heterocycles. The van der Waals surface area contributed by atoms with Crippen LogP contribution < -0.4 is 14.3 Å². The molecule has 3 aromatic rings. The van der Waals surface area contributed by atoms with Crippen molar-refractivity contribution in [3.05, 3.63) is 98.1 Å². The number of hydrazone groups is 1. The van der Waals surface area contributed by atoms with Gasteiger partial charge in [-0.15, -0.1) is 0 Å². The molecule has 180 valence electrons. The minimum absolute atomic E-state index is 0.00738. The Labute approximate surface area is 198 Å². The van der Waals surface area contributed by atoms with Crippen LogP contribution in [0.15, 0.2) is 76.7 Å². The summed E-state index contributed by atoms with van der Waals surface area (Å²) in [6.07, 6.45) is 1.23. The van der Waals surface area contributed by atoms with Gasteiger partial charge < -0.3 is 8.92 Å². The van der Waals surface area contributed by atoms with Gasteiger partial charge in [-0.25, -0.2) is 5.43 Å².